The molecule has 1 aromatic rings. The number of unbranched alkanes of at least 4 members (excludes halogenated alkanes) is 3. The second kappa shape index (κ2) is 10.7. The molecule has 2 unspecified atom stereocenters. The Morgan fingerprint density at radius 3 is 2.58 bits per heavy atom. The van der Waals surface area contributed by atoms with E-state index in [1.807, 2.05) is 24.3 Å². The Kier molecular flexibility index (Phi) is 8.26. The van der Waals surface area contributed by atoms with Crippen LogP contribution in [-0.4, -0.2) is 24.6 Å². The van der Waals surface area contributed by atoms with Crippen LogP contribution in [0.25, 0.3) is 0 Å². The molecule has 1 aliphatic rings. The molecule has 0 aliphatic heterocycles. The number of Topliss-reactive ketones (excluding diaryl/α,β-unsaturated/α-hetero) is 1. The summed E-state index contributed by atoms with van der Waals surface area (Å²) in [6, 6.07) is 9.19. The summed E-state index contributed by atoms with van der Waals surface area (Å²) in [4.78, 5) is 35.4. The van der Waals surface area contributed by atoms with Gasteiger partial charge in [0.15, 0.2) is 5.78 Å². The van der Waals surface area contributed by atoms with E-state index in [1.54, 1.807) is 18.2 Å². The molecule has 1 aromatic carbocycles. The number of allylic oxidation sites excluding steroid dienone is 2. The highest BCUT2D eigenvalue weighted by molar-refractivity contribution is 6.04. The van der Waals surface area contributed by atoms with Crippen LogP contribution < -0.4 is 0 Å². The van der Waals surface area contributed by atoms with E-state index in [4.69, 9.17) is 0 Å². The number of carbonyl (C=O) groups is 3. The third-order valence-corrected chi connectivity index (χ3v) is 5.08. The summed E-state index contributed by atoms with van der Waals surface area (Å²) >= 11 is 0. The average molecular weight is 356 g/mol. The molecule has 0 spiro atoms. The molecule has 4 heteroatoms. The number of hydrogen-bond acceptors (Lipinski definition) is 4. The van der Waals surface area contributed by atoms with Gasteiger partial charge in [-0.1, -0.05) is 55.7 Å². The number of esters is 1. The first kappa shape index (κ1) is 20.1. The topological polar surface area (TPSA) is 60.4 Å². The summed E-state index contributed by atoms with van der Waals surface area (Å²) in [5.74, 6) is 0.359. The fraction of sp³-hybridized carbons (Fsp3) is 0.500. The van der Waals surface area contributed by atoms with Gasteiger partial charge in [-0.05, 0) is 31.3 Å². The lowest BCUT2D eigenvalue weighted by Crippen LogP contribution is -2.13. The predicted molar refractivity (Wildman–Crippen MR) is 101 cm³/mol. The molecule has 2 rings (SSSR count). The van der Waals surface area contributed by atoms with Crippen LogP contribution in [-0.2, 0) is 14.3 Å². The third-order valence-electron chi connectivity index (χ3n) is 5.08. The molecular weight excluding hydrogens is 328 g/mol. The van der Waals surface area contributed by atoms with Crippen LogP contribution in [0.5, 0.6) is 0 Å². The van der Waals surface area contributed by atoms with Gasteiger partial charge >= 0.3 is 5.97 Å². The third kappa shape index (κ3) is 6.25. The Morgan fingerprint density at radius 2 is 1.85 bits per heavy atom. The molecule has 1 saturated carbocycles. The lowest BCUT2D eigenvalue weighted by Gasteiger charge is -2.14. The highest BCUT2D eigenvalue weighted by Crippen LogP contribution is 2.33. The molecule has 2 atom stereocenters. The molecular formula is C22H28O4. The SMILES string of the molecule is COC(=O)CCCCCCC1C(=O)CCC1/C=C/C(=O)c1ccccc1. The van der Waals surface area contributed by atoms with Gasteiger partial charge in [0, 0.05) is 24.3 Å². The van der Waals surface area contributed by atoms with Crippen molar-refractivity contribution in [1.82, 2.24) is 0 Å². The van der Waals surface area contributed by atoms with Crippen LogP contribution in [0.3, 0.4) is 0 Å². The lowest BCUT2D eigenvalue weighted by molar-refractivity contribution is -0.140. The Labute approximate surface area is 155 Å². The minimum atomic E-state index is -0.163. The highest BCUT2D eigenvalue weighted by atomic mass is 16.5. The highest BCUT2D eigenvalue weighted by Gasteiger charge is 2.32. The van der Waals surface area contributed by atoms with Gasteiger partial charge in [0.25, 0.3) is 0 Å². The Hall–Kier alpha value is -2.23. The lowest BCUT2D eigenvalue weighted by atomic mass is 9.89. The molecule has 0 heterocycles. The minimum Gasteiger partial charge on any atom is -0.469 e. The van der Waals surface area contributed by atoms with E-state index in [1.165, 1.54) is 7.11 Å². The van der Waals surface area contributed by atoms with Crippen molar-refractivity contribution in [2.24, 2.45) is 11.8 Å². The van der Waals surface area contributed by atoms with Crippen molar-refractivity contribution in [2.45, 2.75) is 51.4 Å². The molecule has 140 valence electrons. The Bertz CT molecular complexity index is 633. The summed E-state index contributed by atoms with van der Waals surface area (Å²) in [6.45, 7) is 0. The standard InChI is InChI=1S/C22H28O4/c1-26-22(25)12-8-3-2-7-11-19-17(14-16-21(19)24)13-15-20(23)18-9-5-4-6-10-18/h4-6,9-10,13,15,17,19H,2-3,7-8,11-12,14,16H2,1H3/b15-13+. The van der Waals surface area contributed by atoms with E-state index in [9.17, 15) is 14.4 Å². The largest absolute Gasteiger partial charge is 0.469 e. The molecule has 0 radical (unpaired) electrons. The Morgan fingerprint density at radius 1 is 1.12 bits per heavy atom. The molecule has 0 amide bonds. The molecule has 26 heavy (non-hydrogen) atoms. The molecule has 0 N–H and O–H groups in total. The van der Waals surface area contributed by atoms with Gasteiger partial charge < -0.3 is 4.74 Å². The number of ketones is 2. The van der Waals surface area contributed by atoms with Crippen LogP contribution in [0.2, 0.25) is 0 Å². The Balaban J connectivity index is 1.76. The van der Waals surface area contributed by atoms with Crippen molar-refractivity contribution < 1.29 is 19.1 Å². The maximum Gasteiger partial charge on any atom is 0.305 e. The fourth-order valence-electron chi connectivity index (χ4n) is 3.54. The monoisotopic (exact) mass is 356 g/mol. The number of benzene rings is 1. The normalized spacial score (nSPS) is 19.8. The first-order valence-electron chi connectivity index (χ1n) is 9.49. The molecule has 1 fully saturated rings. The van der Waals surface area contributed by atoms with E-state index in [0.29, 0.717) is 24.2 Å². The van der Waals surface area contributed by atoms with Crippen LogP contribution in [0, 0.1) is 11.8 Å². The quantitative estimate of drug-likeness (QED) is 0.267. The number of rotatable bonds is 10. The van der Waals surface area contributed by atoms with E-state index >= 15 is 0 Å². The first-order valence-corrected chi connectivity index (χ1v) is 9.49. The summed E-state index contributed by atoms with van der Waals surface area (Å²) in [6.07, 6.45) is 10.1. The van der Waals surface area contributed by atoms with Crippen molar-refractivity contribution >= 4 is 17.5 Å². The molecule has 0 bridgehead atoms. The number of carbonyl (C=O) groups excluding carboxylic acids is 3. The van der Waals surface area contributed by atoms with Gasteiger partial charge in [-0.15, -0.1) is 0 Å². The van der Waals surface area contributed by atoms with Crippen LogP contribution in [0.1, 0.15) is 61.7 Å². The maximum absolute atomic E-state index is 12.2. The molecule has 1 aliphatic carbocycles. The zero-order valence-electron chi connectivity index (χ0n) is 15.5. The van der Waals surface area contributed by atoms with Crippen molar-refractivity contribution in [1.29, 1.82) is 0 Å². The van der Waals surface area contributed by atoms with Gasteiger partial charge in [0.1, 0.15) is 5.78 Å². The zero-order chi connectivity index (χ0) is 18.8. The fourth-order valence-corrected chi connectivity index (χ4v) is 3.54. The number of hydrogen-bond donors (Lipinski definition) is 0. The number of methoxy groups -OCH3 is 1. The molecule has 4 nitrogen and oxygen atoms in total. The van der Waals surface area contributed by atoms with Gasteiger partial charge in [-0.2, -0.15) is 0 Å². The maximum atomic E-state index is 12.2. The van der Waals surface area contributed by atoms with Crippen LogP contribution >= 0.6 is 0 Å². The smallest absolute Gasteiger partial charge is 0.305 e. The molecule has 0 saturated heterocycles. The van der Waals surface area contributed by atoms with Crippen LogP contribution in [0.15, 0.2) is 42.5 Å². The van der Waals surface area contributed by atoms with Crippen molar-refractivity contribution in [3.63, 3.8) is 0 Å². The van der Waals surface area contributed by atoms with Crippen molar-refractivity contribution in [3.8, 4) is 0 Å². The van der Waals surface area contributed by atoms with Gasteiger partial charge in [0.2, 0.25) is 0 Å². The minimum absolute atomic E-state index is 0.00786. The summed E-state index contributed by atoms with van der Waals surface area (Å²) in [5.41, 5.74) is 0.676. The van der Waals surface area contributed by atoms with Crippen molar-refractivity contribution in [3.05, 3.63) is 48.0 Å². The van der Waals surface area contributed by atoms with Gasteiger partial charge in [-0.25, -0.2) is 0 Å². The summed E-state index contributed by atoms with van der Waals surface area (Å²) < 4.78 is 4.63. The van der Waals surface area contributed by atoms with Gasteiger partial charge in [-0.3, -0.25) is 14.4 Å². The van der Waals surface area contributed by atoms with E-state index in [0.717, 1.165) is 38.5 Å². The zero-order valence-corrected chi connectivity index (χ0v) is 15.5. The van der Waals surface area contributed by atoms with Gasteiger partial charge in [0.05, 0.1) is 7.11 Å². The second-order valence-corrected chi connectivity index (χ2v) is 6.89. The van der Waals surface area contributed by atoms with Crippen molar-refractivity contribution in [2.75, 3.05) is 7.11 Å². The summed E-state index contributed by atoms with van der Waals surface area (Å²) in [5, 5.41) is 0. The van der Waals surface area contributed by atoms with Crippen LogP contribution in [0.4, 0.5) is 0 Å². The van der Waals surface area contributed by atoms with E-state index < -0.39 is 0 Å². The average Bonchev–Trinajstić information content (AvgIpc) is 3.02. The second-order valence-electron chi connectivity index (χ2n) is 6.89. The first-order chi connectivity index (χ1) is 12.6. The molecule has 0 aromatic heterocycles. The predicted octanol–water partition coefficient (Wildman–Crippen LogP) is 4.53. The van der Waals surface area contributed by atoms with E-state index in [2.05, 4.69) is 4.74 Å². The summed E-state index contributed by atoms with van der Waals surface area (Å²) in [7, 11) is 1.41. The van der Waals surface area contributed by atoms with E-state index in [-0.39, 0.29) is 23.6 Å². The number of ether oxygens (including phenoxy) is 1.